The molecule has 1 aromatic heterocycles. The predicted molar refractivity (Wildman–Crippen MR) is 119 cm³/mol. The Bertz CT molecular complexity index is 1380. The van der Waals surface area contributed by atoms with E-state index in [0.29, 0.717) is 22.3 Å². The van der Waals surface area contributed by atoms with Crippen LogP contribution in [-0.2, 0) is 0 Å². The van der Waals surface area contributed by atoms with Gasteiger partial charge in [0.1, 0.15) is 5.82 Å². The molecule has 31 heavy (non-hydrogen) atoms. The highest BCUT2D eigenvalue weighted by Gasteiger charge is 2.24. The number of hydrogen-bond donors (Lipinski definition) is 1. The summed E-state index contributed by atoms with van der Waals surface area (Å²) in [5, 5.41) is 13.1. The maximum atomic E-state index is 14.6. The molecular formula is C26H20FN3O. The lowest BCUT2D eigenvalue weighted by atomic mass is 9.96. The largest absolute Gasteiger partial charge is 0.349 e. The van der Waals surface area contributed by atoms with Gasteiger partial charge in [-0.1, -0.05) is 12.1 Å². The number of halogens is 1. The van der Waals surface area contributed by atoms with Crippen molar-refractivity contribution < 1.29 is 9.18 Å². The van der Waals surface area contributed by atoms with Crippen LogP contribution >= 0.6 is 0 Å². The number of nitrogens with one attached hydrogen (secondary N) is 1. The molecule has 0 spiro atoms. The normalized spacial score (nSPS) is 13.2. The van der Waals surface area contributed by atoms with Gasteiger partial charge in [0.15, 0.2) is 0 Å². The second kappa shape index (κ2) is 7.41. The Hall–Kier alpha value is -3.91. The summed E-state index contributed by atoms with van der Waals surface area (Å²) in [6.07, 6.45) is 3.92. The van der Waals surface area contributed by atoms with Gasteiger partial charge in [0, 0.05) is 28.9 Å². The summed E-state index contributed by atoms with van der Waals surface area (Å²) in [4.78, 5) is 12.5. The number of aromatic nitrogens is 1. The van der Waals surface area contributed by atoms with Gasteiger partial charge in [-0.3, -0.25) is 4.79 Å². The van der Waals surface area contributed by atoms with Crippen LogP contribution < -0.4 is 5.32 Å². The van der Waals surface area contributed by atoms with Crippen molar-refractivity contribution in [2.24, 2.45) is 0 Å². The van der Waals surface area contributed by atoms with Gasteiger partial charge in [-0.2, -0.15) is 5.26 Å². The Kier molecular flexibility index (Phi) is 4.56. The molecule has 5 rings (SSSR count). The highest BCUT2D eigenvalue weighted by molar-refractivity contribution is 5.97. The van der Waals surface area contributed by atoms with Crippen LogP contribution in [0, 0.1) is 24.1 Å². The van der Waals surface area contributed by atoms with E-state index >= 15 is 0 Å². The SMILES string of the molecule is Cc1c(F)cc(C(=O)NC2CC2)cc1-c1ccc2c(ccn2-c2cccc(C#N)c2)c1. The molecule has 1 heterocycles. The Labute approximate surface area is 179 Å². The molecule has 0 radical (unpaired) electrons. The number of amides is 1. The Morgan fingerprint density at radius 3 is 2.74 bits per heavy atom. The molecule has 0 unspecified atom stereocenters. The zero-order chi connectivity index (χ0) is 21.5. The Balaban J connectivity index is 1.56. The maximum Gasteiger partial charge on any atom is 0.251 e. The van der Waals surface area contributed by atoms with Crippen molar-refractivity contribution in [2.45, 2.75) is 25.8 Å². The number of carbonyl (C=O) groups is 1. The number of nitrogens with zero attached hydrogens (tertiary/aromatic N) is 2. The lowest BCUT2D eigenvalue weighted by molar-refractivity contribution is 0.0950. The molecule has 0 aliphatic heterocycles. The van der Waals surface area contributed by atoms with Gasteiger partial charge in [0.25, 0.3) is 5.91 Å². The van der Waals surface area contributed by atoms with Crippen molar-refractivity contribution in [1.29, 1.82) is 5.26 Å². The first kappa shape index (κ1) is 19.1. The van der Waals surface area contributed by atoms with Crippen molar-refractivity contribution in [2.75, 3.05) is 0 Å². The number of hydrogen-bond acceptors (Lipinski definition) is 2. The topological polar surface area (TPSA) is 57.8 Å². The van der Waals surface area contributed by atoms with Gasteiger partial charge < -0.3 is 9.88 Å². The average Bonchev–Trinajstić information content (AvgIpc) is 3.50. The summed E-state index contributed by atoms with van der Waals surface area (Å²) in [5.41, 5.74) is 4.92. The van der Waals surface area contributed by atoms with Crippen molar-refractivity contribution in [3.8, 4) is 22.9 Å². The molecular weight excluding hydrogens is 389 g/mol. The number of fused-ring (bicyclic) bond motifs is 1. The van der Waals surface area contributed by atoms with Gasteiger partial charge in [-0.15, -0.1) is 0 Å². The highest BCUT2D eigenvalue weighted by atomic mass is 19.1. The molecule has 3 aromatic carbocycles. The maximum absolute atomic E-state index is 14.6. The fraction of sp³-hybridized carbons (Fsp3) is 0.154. The minimum atomic E-state index is -0.385. The smallest absolute Gasteiger partial charge is 0.251 e. The van der Waals surface area contributed by atoms with Crippen LogP contribution in [0.15, 0.2) is 66.9 Å². The minimum absolute atomic E-state index is 0.218. The van der Waals surface area contributed by atoms with Gasteiger partial charge in [0.2, 0.25) is 0 Å². The van der Waals surface area contributed by atoms with Crippen LogP contribution in [0.2, 0.25) is 0 Å². The van der Waals surface area contributed by atoms with Gasteiger partial charge >= 0.3 is 0 Å². The van der Waals surface area contributed by atoms with Crippen LogP contribution in [0.3, 0.4) is 0 Å². The monoisotopic (exact) mass is 409 g/mol. The first-order valence-corrected chi connectivity index (χ1v) is 10.3. The number of carbonyl (C=O) groups excluding carboxylic acids is 1. The fourth-order valence-corrected chi connectivity index (χ4v) is 3.87. The molecule has 4 nitrogen and oxygen atoms in total. The number of benzene rings is 3. The zero-order valence-electron chi connectivity index (χ0n) is 17.0. The van der Waals surface area contributed by atoms with Gasteiger partial charge in [0.05, 0.1) is 17.1 Å². The molecule has 1 amide bonds. The Morgan fingerprint density at radius 1 is 1.13 bits per heavy atom. The highest BCUT2D eigenvalue weighted by Crippen LogP contribution is 2.31. The van der Waals surface area contributed by atoms with E-state index in [2.05, 4.69) is 11.4 Å². The van der Waals surface area contributed by atoms with E-state index in [0.717, 1.165) is 35.0 Å². The van der Waals surface area contributed by atoms with Gasteiger partial charge in [-0.05, 0) is 85.0 Å². The number of rotatable bonds is 4. The molecule has 1 aliphatic carbocycles. The van der Waals surface area contributed by atoms with Crippen molar-refractivity contribution in [1.82, 2.24) is 9.88 Å². The lowest BCUT2D eigenvalue weighted by Gasteiger charge is -2.12. The molecule has 4 aromatic rings. The summed E-state index contributed by atoms with van der Waals surface area (Å²) in [5.74, 6) is -0.614. The molecule has 1 saturated carbocycles. The third kappa shape index (κ3) is 3.57. The van der Waals surface area contributed by atoms with Crippen molar-refractivity contribution >= 4 is 16.8 Å². The Morgan fingerprint density at radius 2 is 1.97 bits per heavy atom. The van der Waals surface area contributed by atoms with Gasteiger partial charge in [-0.25, -0.2) is 4.39 Å². The van der Waals surface area contributed by atoms with E-state index < -0.39 is 0 Å². The minimum Gasteiger partial charge on any atom is -0.349 e. The average molecular weight is 409 g/mol. The van der Waals surface area contributed by atoms with Crippen molar-refractivity contribution in [3.63, 3.8) is 0 Å². The molecule has 5 heteroatoms. The van der Waals surface area contributed by atoms with E-state index in [-0.39, 0.29) is 17.8 Å². The van der Waals surface area contributed by atoms with E-state index in [1.165, 1.54) is 6.07 Å². The molecule has 1 fully saturated rings. The third-order valence-corrected chi connectivity index (χ3v) is 5.77. The molecule has 0 atom stereocenters. The first-order valence-electron chi connectivity index (χ1n) is 10.3. The summed E-state index contributed by atoms with van der Waals surface area (Å²) < 4.78 is 16.7. The second-order valence-corrected chi connectivity index (χ2v) is 8.00. The molecule has 152 valence electrons. The molecule has 1 N–H and O–H groups in total. The van der Waals surface area contributed by atoms with Crippen LogP contribution in [0.4, 0.5) is 4.39 Å². The van der Waals surface area contributed by atoms with E-state index in [1.54, 1.807) is 19.1 Å². The second-order valence-electron chi connectivity index (χ2n) is 8.00. The molecule has 1 aliphatic rings. The van der Waals surface area contributed by atoms with E-state index in [1.807, 2.05) is 53.2 Å². The predicted octanol–water partition coefficient (Wildman–Crippen LogP) is 5.51. The van der Waals surface area contributed by atoms with Crippen LogP contribution in [-0.4, -0.2) is 16.5 Å². The summed E-state index contributed by atoms with van der Waals surface area (Å²) in [6.45, 7) is 1.73. The fourth-order valence-electron chi connectivity index (χ4n) is 3.87. The standard InChI is InChI=1S/C26H20FN3O/c1-16-23(13-20(14-24(16)27)26(31)29-21-6-7-21)18-5-8-25-19(12-18)9-10-30(25)22-4-2-3-17(11-22)15-28/h2-5,8-14,21H,6-7H2,1H3,(H,29,31). The van der Waals surface area contributed by atoms with Crippen LogP contribution in [0.5, 0.6) is 0 Å². The lowest BCUT2D eigenvalue weighted by Crippen LogP contribution is -2.25. The summed E-state index contributed by atoms with van der Waals surface area (Å²) in [7, 11) is 0. The first-order chi connectivity index (χ1) is 15.0. The van der Waals surface area contributed by atoms with Crippen molar-refractivity contribution in [3.05, 3.63) is 89.4 Å². The summed E-state index contributed by atoms with van der Waals surface area (Å²) >= 11 is 0. The number of nitriles is 1. The molecule has 0 saturated heterocycles. The van der Waals surface area contributed by atoms with Crippen LogP contribution in [0.25, 0.3) is 27.7 Å². The summed E-state index contributed by atoms with van der Waals surface area (Å²) in [6, 6.07) is 20.8. The molecule has 0 bridgehead atoms. The third-order valence-electron chi connectivity index (χ3n) is 5.77. The van der Waals surface area contributed by atoms with E-state index in [4.69, 9.17) is 0 Å². The zero-order valence-corrected chi connectivity index (χ0v) is 17.0. The quantitative estimate of drug-likeness (QED) is 0.483. The van der Waals surface area contributed by atoms with E-state index in [9.17, 15) is 14.4 Å². The van der Waals surface area contributed by atoms with Crippen LogP contribution in [0.1, 0.15) is 34.3 Å².